The van der Waals surface area contributed by atoms with Gasteiger partial charge in [0.15, 0.2) is 0 Å². The summed E-state index contributed by atoms with van der Waals surface area (Å²) in [5.74, 6) is 0.0122. The normalized spacial score (nSPS) is 19.8. The number of fused-ring (bicyclic) bond motifs is 1. The summed E-state index contributed by atoms with van der Waals surface area (Å²) in [5.41, 5.74) is 7.44. The minimum Gasteiger partial charge on any atom is -0.350 e. The molecule has 2 heterocycles. The van der Waals surface area contributed by atoms with E-state index in [-0.39, 0.29) is 24.2 Å². The van der Waals surface area contributed by atoms with Gasteiger partial charge in [-0.1, -0.05) is 30.3 Å². The molecule has 1 amide bonds. The second-order valence-corrected chi connectivity index (χ2v) is 7.33. The second-order valence-electron chi connectivity index (χ2n) is 5.57. The predicted molar refractivity (Wildman–Crippen MR) is 91.5 cm³/mol. The van der Waals surface area contributed by atoms with Gasteiger partial charge in [0.05, 0.1) is 11.3 Å². The third-order valence-corrected chi connectivity index (χ3v) is 4.96. The lowest BCUT2D eigenvalue weighted by atomic mass is 10.1. The molecule has 0 fully saturated rings. The summed E-state index contributed by atoms with van der Waals surface area (Å²) >= 11 is 0. The van der Waals surface area contributed by atoms with E-state index in [4.69, 9.17) is 5.73 Å². The van der Waals surface area contributed by atoms with Crippen molar-refractivity contribution in [3.63, 3.8) is 0 Å². The topological polar surface area (TPSA) is 105 Å². The fourth-order valence-corrected chi connectivity index (χ4v) is 3.43. The van der Waals surface area contributed by atoms with Crippen molar-refractivity contribution in [2.75, 3.05) is 18.8 Å². The van der Waals surface area contributed by atoms with Gasteiger partial charge in [0, 0.05) is 25.3 Å². The number of benzene rings is 1. The number of amidine groups is 1. The molecule has 8 heteroatoms. The number of nitrogens with zero attached hydrogens (tertiary/aromatic N) is 2. The number of rotatable bonds is 4. The van der Waals surface area contributed by atoms with Crippen LogP contribution >= 0.6 is 0 Å². The molecule has 7 nitrogen and oxygen atoms in total. The largest absolute Gasteiger partial charge is 0.350 e. The van der Waals surface area contributed by atoms with Gasteiger partial charge < -0.3 is 16.0 Å². The van der Waals surface area contributed by atoms with E-state index >= 15 is 0 Å². The van der Waals surface area contributed by atoms with Crippen molar-refractivity contribution < 1.29 is 13.2 Å². The standard InChI is InChI=1S/C16H18N4O3S/c17-14(12-4-2-1-3-5-12)10-18-16(21)13-6-7-15-19-24(22,23)9-8-20(15)11-13/h1-7,11,14H,8-10,17H2,(H,18,21). The van der Waals surface area contributed by atoms with Gasteiger partial charge >= 0.3 is 0 Å². The molecule has 3 N–H and O–H groups in total. The van der Waals surface area contributed by atoms with Gasteiger partial charge in [0.25, 0.3) is 15.9 Å². The number of carbonyl (C=O) groups excluding carboxylic acids is 1. The average Bonchev–Trinajstić information content (AvgIpc) is 2.59. The Hall–Kier alpha value is -2.45. The first-order chi connectivity index (χ1) is 11.4. The Kier molecular flexibility index (Phi) is 4.50. The zero-order valence-corrected chi connectivity index (χ0v) is 13.7. The van der Waals surface area contributed by atoms with Gasteiger partial charge in [-0.05, 0) is 17.7 Å². The molecule has 1 aromatic rings. The molecular formula is C16H18N4O3S. The molecule has 126 valence electrons. The lowest BCUT2D eigenvalue weighted by Crippen LogP contribution is -2.39. The fraction of sp³-hybridized carbons (Fsp3) is 0.250. The van der Waals surface area contributed by atoms with Crippen LogP contribution in [0, 0.1) is 0 Å². The minimum atomic E-state index is -3.39. The second kappa shape index (κ2) is 6.58. The van der Waals surface area contributed by atoms with Gasteiger partial charge in [0.1, 0.15) is 5.84 Å². The van der Waals surface area contributed by atoms with Crippen LogP contribution in [0.15, 0.2) is 58.7 Å². The summed E-state index contributed by atoms with van der Waals surface area (Å²) < 4.78 is 26.6. The van der Waals surface area contributed by atoms with Crippen molar-refractivity contribution in [1.82, 2.24) is 10.2 Å². The van der Waals surface area contributed by atoms with E-state index in [2.05, 4.69) is 9.71 Å². The van der Waals surface area contributed by atoms with Gasteiger partial charge in [-0.15, -0.1) is 4.40 Å². The zero-order chi connectivity index (χ0) is 17.2. The first kappa shape index (κ1) is 16.4. The number of nitrogens with one attached hydrogen (secondary N) is 1. The van der Waals surface area contributed by atoms with Crippen LogP contribution in [-0.4, -0.2) is 43.9 Å². The molecule has 1 unspecified atom stereocenters. The van der Waals surface area contributed by atoms with Crippen LogP contribution in [0.25, 0.3) is 0 Å². The van der Waals surface area contributed by atoms with E-state index in [0.29, 0.717) is 18.0 Å². The molecular weight excluding hydrogens is 328 g/mol. The minimum absolute atomic E-state index is 0.0609. The Morgan fingerprint density at radius 2 is 2.04 bits per heavy atom. The van der Waals surface area contributed by atoms with E-state index in [9.17, 15) is 13.2 Å². The molecule has 0 saturated heterocycles. The Labute approximate surface area is 140 Å². The molecule has 1 atom stereocenters. The highest BCUT2D eigenvalue weighted by Crippen LogP contribution is 2.16. The predicted octanol–water partition coefficient (Wildman–Crippen LogP) is 0.300. The lowest BCUT2D eigenvalue weighted by Gasteiger charge is -2.27. The summed E-state index contributed by atoms with van der Waals surface area (Å²) in [6, 6.07) is 9.23. The molecule has 0 aromatic heterocycles. The Morgan fingerprint density at radius 3 is 2.79 bits per heavy atom. The number of hydrogen-bond acceptors (Lipinski definition) is 5. The molecule has 2 aliphatic heterocycles. The fourth-order valence-electron chi connectivity index (χ4n) is 2.46. The van der Waals surface area contributed by atoms with Crippen LogP contribution in [0.4, 0.5) is 0 Å². The first-order valence-corrected chi connectivity index (χ1v) is 9.13. The highest BCUT2D eigenvalue weighted by atomic mass is 32.2. The highest BCUT2D eigenvalue weighted by molar-refractivity contribution is 7.90. The highest BCUT2D eigenvalue weighted by Gasteiger charge is 2.25. The van der Waals surface area contributed by atoms with E-state index in [0.717, 1.165) is 5.56 Å². The maximum absolute atomic E-state index is 12.3. The van der Waals surface area contributed by atoms with Crippen molar-refractivity contribution in [1.29, 1.82) is 0 Å². The van der Waals surface area contributed by atoms with Gasteiger partial charge in [-0.3, -0.25) is 4.79 Å². The summed E-state index contributed by atoms with van der Waals surface area (Å²) in [6.45, 7) is 0.592. The van der Waals surface area contributed by atoms with Crippen LogP contribution in [0.5, 0.6) is 0 Å². The van der Waals surface area contributed by atoms with Gasteiger partial charge in [0.2, 0.25) is 0 Å². The summed E-state index contributed by atoms with van der Waals surface area (Å²) in [7, 11) is -3.39. The van der Waals surface area contributed by atoms with Crippen molar-refractivity contribution in [2.45, 2.75) is 6.04 Å². The molecule has 24 heavy (non-hydrogen) atoms. The van der Waals surface area contributed by atoms with Crippen LogP contribution in [0.3, 0.4) is 0 Å². The van der Waals surface area contributed by atoms with Crippen molar-refractivity contribution in [3.05, 3.63) is 59.8 Å². The van der Waals surface area contributed by atoms with E-state index < -0.39 is 10.0 Å². The first-order valence-electron chi connectivity index (χ1n) is 7.52. The summed E-state index contributed by atoms with van der Waals surface area (Å²) in [4.78, 5) is 13.9. The molecule has 2 aliphatic rings. The van der Waals surface area contributed by atoms with Crippen LogP contribution in [0.1, 0.15) is 11.6 Å². The number of nitrogens with two attached hydrogens (primary N) is 1. The number of carbonyl (C=O) groups is 1. The quantitative estimate of drug-likeness (QED) is 0.816. The van der Waals surface area contributed by atoms with Crippen LogP contribution in [-0.2, 0) is 14.8 Å². The summed E-state index contributed by atoms with van der Waals surface area (Å²) in [6.07, 6.45) is 4.69. The van der Waals surface area contributed by atoms with Gasteiger partial charge in [-0.25, -0.2) is 8.42 Å². The number of sulfonamides is 1. The molecule has 1 aromatic carbocycles. The average molecular weight is 346 g/mol. The zero-order valence-electron chi connectivity index (χ0n) is 12.9. The number of amides is 1. The van der Waals surface area contributed by atoms with E-state index in [1.165, 1.54) is 6.08 Å². The molecule has 0 bridgehead atoms. The summed E-state index contributed by atoms with van der Waals surface area (Å²) in [5, 5.41) is 2.79. The van der Waals surface area contributed by atoms with Crippen molar-refractivity contribution >= 4 is 21.8 Å². The molecule has 3 rings (SSSR count). The molecule has 0 radical (unpaired) electrons. The van der Waals surface area contributed by atoms with Crippen molar-refractivity contribution in [3.8, 4) is 0 Å². The van der Waals surface area contributed by atoms with E-state index in [1.54, 1.807) is 17.2 Å². The molecule has 0 spiro atoms. The number of hydrogen-bond donors (Lipinski definition) is 2. The monoisotopic (exact) mass is 346 g/mol. The maximum Gasteiger partial charge on any atom is 0.256 e. The maximum atomic E-state index is 12.3. The molecule has 0 aliphatic carbocycles. The van der Waals surface area contributed by atoms with E-state index in [1.807, 2.05) is 30.3 Å². The third-order valence-electron chi connectivity index (χ3n) is 3.80. The van der Waals surface area contributed by atoms with Crippen LogP contribution < -0.4 is 11.1 Å². The lowest BCUT2D eigenvalue weighted by molar-refractivity contribution is -0.117. The molecule has 0 saturated carbocycles. The van der Waals surface area contributed by atoms with Crippen LogP contribution in [0.2, 0.25) is 0 Å². The Bertz CT molecular complexity index is 828. The Morgan fingerprint density at radius 1 is 1.29 bits per heavy atom. The third kappa shape index (κ3) is 3.72. The SMILES string of the molecule is NC(CNC(=O)C1=CN2CCS(=O)(=O)N=C2C=C1)c1ccccc1. The van der Waals surface area contributed by atoms with Crippen molar-refractivity contribution in [2.24, 2.45) is 10.1 Å². The Balaban J connectivity index is 1.63. The smallest absolute Gasteiger partial charge is 0.256 e. The van der Waals surface area contributed by atoms with Gasteiger partial charge in [-0.2, -0.15) is 0 Å².